The summed E-state index contributed by atoms with van der Waals surface area (Å²) >= 11 is 0. The molecule has 2 saturated heterocycles. The van der Waals surface area contributed by atoms with E-state index in [1.165, 1.54) is 49.9 Å². The van der Waals surface area contributed by atoms with Gasteiger partial charge in [-0.3, -0.25) is 52.7 Å². The number of halogens is 8. The maximum absolute atomic E-state index is 15.6. The monoisotopic (exact) mass is 1530 g/mol. The first-order chi connectivity index (χ1) is 50.5. The number of nitrogens with one attached hydrogen (secondary N) is 3. The molecular weight excluding hydrogens is 1410 g/mol. The Labute approximate surface area is 623 Å². The molecule has 3 N–H and O–H groups in total. The van der Waals surface area contributed by atoms with E-state index >= 15 is 42.3 Å². The molecule has 3 aliphatic heterocycles. The van der Waals surface area contributed by atoms with Crippen molar-refractivity contribution in [3.63, 3.8) is 0 Å². The molecule has 0 radical (unpaired) electrons. The Hall–Kier alpha value is -6.69. The molecule has 31 heteroatoms. The molecule has 0 aromatic carbocycles. The first-order valence-corrected chi connectivity index (χ1v) is 39.2. The predicted molar refractivity (Wildman–Crippen MR) is 378 cm³/mol. The number of amides is 11. The minimum absolute atomic E-state index is 0.0127. The Morgan fingerprint density at radius 2 is 1.18 bits per heavy atom. The van der Waals surface area contributed by atoms with E-state index in [0.717, 1.165) is 51.7 Å². The molecule has 0 aromatic rings. The van der Waals surface area contributed by atoms with Crippen molar-refractivity contribution in [1.29, 1.82) is 0 Å². The number of carbonyl (C=O) groups is 11. The van der Waals surface area contributed by atoms with Crippen LogP contribution in [0.3, 0.4) is 0 Å². The van der Waals surface area contributed by atoms with Crippen LogP contribution in [0.4, 0.5) is 35.1 Å². The van der Waals surface area contributed by atoms with E-state index in [4.69, 9.17) is 4.74 Å². The van der Waals surface area contributed by atoms with Gasteiger partial charge < -0.3 is 59.9 Å². The summed E-state index contributed by atoms with van der Waals surface area (Å²) in [6.07, 6.45) is -7.52. The molecule has 6 saturated carbocycles. The van der Waals surface area contributed by atoms with E-state index in [2.05, 4.69) is 16.0 Å². The second-order valence-corrected chi connectivity index (χ2v) is 32.7. The van der Waals surface area contributed by atoms with Gasteiger partial charge in [-0.15, -0.1) is 0 Å². The third-order valence-electron chi connectivity index (χ3n) is 25.5. The van der Waals surface area contributed by atoms with Crippen LogP contribution in [0.1, 0.15) is 194 Å². The van der Waals surface area contributed by atoms with Crippen LogP contribution >= 0.6 is 0 Å². The number of hydrogen-bond donors (Lipinski definition) is 3. The fraction of sp³-hybridized carbons (Fsp3) is 0.829. The molecule has 11 amide bonds. The topological polar surface area (TPSA) is 259 Å². The van der Waals surface area contributed by atoms with Gasteiger partial charge >= 0.3 is 12.4 Å². The molecule has 2 unspecified atom stereocenters. The van der Waals surface area contributed by atoms with Crippen molar-refractivity contribution in [3.8, 4) is 0 Å². The summed E-state index contributed by atoms with van der Waals surface area (Å²) in [7, 11) is 8.66. The highest BCUT2D eigenvalue weighted by molar-refractivity contribution is 6.00. The quantitative estimate of drug-likeness (QED) is 0.118. The number of alkyl halides is 8. The SMILES string of the molecule is CCO[C@@H]1C[C@H]2C(=O)NC3(CCC3)C(=O)N(C)[C@@H](C3CCCC3)C(=O)N(C)[C@H](C3CCC3)CC(=O)N(C)[C@@H](CC3CC3)C(=O)N[C@@H]([C@@H](C)CC)C(=O)N(C)CC(=O)N(C)[C@H]3C/C=C\CCN(C3=O)[C@@H](CC3CCC(C(F)(F)F)CC3)C(=O)N(C)CC(=O)N[C@@H](CCC3CC(F)C(C(F)(F)F)C(F)C3)C(=O)N2C1. The van der Waals surface area contributed by atoms with Gasteiger partial charge in [0.2, 0.25) is 65.0 Å². The lowest BCUT2D eigenvalue weighted by molar-refractivity contribution is -0.219. The fourth-order valence-electron chi connectivity index (χ4n) is 18.0. The fourth-order valence-corrected chi connectivity index (χ4v) is 18.0. The van der Waals surface area contributed by atoms with Gasteiger partial charge in [0.05, 0.1) is 25.1 Å². The summed E-state index contributed by atoms with van der Waals surface area (Å²) in [6, 6.07) is -9.88. The molecule has 0 aromatic heterocycles. The maximum atomic E-state index is 15.6. The third-order valence-corrected chi connectivity index (χ3v) is 25.5. The van der Waals surface area contributed by atoms with E-state index in [1.807, 2.05) is 6.92 Å². The molecule has 1 spiro atoms. The summed E-state index contributed by atoms with van der Waals surface area (Å²) in [5, 5.41) is 8.61. The standard InChI is InChI=1S/C76H115F8N11O12/c1-10-44(3)64-71(104)89(5)43-62(98)90(6)55-23-13-12-16-34-94(70(55)103)59(38-46-26-29-50(30-27-46)75(79,80)81)69(102)88(4)42-60(96)85-54(31-28-47-35-52(77)63(53(78)36-47)76(82,83)84)68(101)95-41-51(107-11-2)39-58(95)67(100)87-74(32-18-33-74)73(106)93(9)65(49-19-14-15-20-49)72(105)92(8)56(48-21-17-22-48)40-61(97)91(7)57(66(99)86-64)37-45-24-25-45/h12-13,44-59,63-65H,10-11,14-43H2,1-9H3,(H,85,96)(H,86,99)(H,87,100)/b13-12-/t44-,46?,47?,50?,51+,52?,53?,54-,55-,56-,57-,58-,59-,63?,64-,65-/m0/s1. The highest BCUT2D eigenvalue weighted by atomic mass is 19.4. The molecule has 2 bridgehead atoms. The maximum Gasteiger partial charge on any atom is 0.397 e. The van der Waals surface area contributed by atoms with E-state index in [1.54, 1.807) is 37.9 Å². The smallest absolute Gasteiger partial charge is 0.377 e. The lowest BCUT2D eigenvalue weighted by atomic mass is 9.74. The molecule has 8 fully saturated rings. The molecule has 3 heterocycles. The summed E-state index contributed by atoms with van der Waals surface area (Å²) in [6.45, 7) is 3.55. The van der Waals surface area contributed by atoms with Crippen molar-refractivity contribution in [2.24, 2.45) is 47.3 Å². The molecule has 9 rings (SSSR count). The zero-order valence-corrected chi connectivity index (χ0v) is 63.8. The highest BCUT2D eigenvalue weighted by Gasteiger charge is 2.56. The van der Waals surface area contributed by atoms with Gasteiger partial charge in [-0.1, -0.05) is 64.5 Å². The lowest BCUT2D eigenvalue weighted by Crippen LogP contribution is -2.68. The minimum atomic E-state index is -5.20. The average molecular weight is 1530 g/mol. The van der Waals surface area contributed by atoms with E-state index < -0.39 is 212 Å². The van der Waals surface area contributed by atoms with E-state index in [-0.39, 0.29) is 121 Å². The predicted octanol–water partition coefficient (Wildman–Crippen LogP) is 7.82. The van der Waals surface area contributed by atoms with Crippen LogP contribution in [0.15, 0.2) is 12.2 Å². The van der Waals surface area contributed by atoms with Gasteiger partial charge in [0, 0.05) is 80.9 Å². The van der Waals surface area contributed by atoms with Gasteiger partial charge in [0.15, 0.2) is 0 Å². The lowest BCUT2D eigenvalue weighted by Gasteiger charge is -2.47. The molecule has 23 nitrogen and oxygen atoms in total. The first kappa shape index (κ1) is 84.3. The van der Waals surface area contributed by atoms with Crippen LogP contribution < -0.4 is 16.0 Å². The Kier molecular flexibility index (Phi) is 28.4. The highest BCUT2D eigenvalue weighted by Crippen LogP contribution is 2.46. The first-order valence-electron chi connectivity index (χ1n) is 39.2. The largest absolute Gasteiger partial charge is 0.397 e. The van der Waals surface area contributed by atoms with Crippen LogP contribution in [0, 0.1) is 47.3 Å². The van der Waals surface area contributed by atoms with Crippen LogP contribution in [0.2, 0.25) is 0 Å². The molecule has 602 valence electrons. The Morgan fingerprint density at radius 3 is 1.74 bits per heavy atom. The second-order valence-electron chi connectivity index (χ2n) is 32.7. The summed E-state index contributed by atoms with van der Waals surface area (Å²) in [5.74, 6) is -14.7. The van der Waals surface area contributed by atoms with Gasteiger partial charge in [0.25, 0.3) is 0 Å². The summed E-state index contributed by atoms with van der Waals surface area (Å²) in [5.41, 5.74) is -1.59. The zero-order valence-electron chi connectivity index (χ0n) is 63.8. The van der Waals surface area contributed by atoms with Crippen molar-refractivity contribution < 1.29 is 92.6 Å². The number of carbonyl (C=O) groups excluding carboxylic acids is 11. The molecule has 9 aliphatic rings. The molecule has 6 aliphatic carbocycles. The van der Waals surface area contributed by atoms with E-state index in [9.17, 15) is 45.5 Å². The number of likely N-dealkylation sites (N-methyl/N-ethyl adjacent to an activating group) is 6. The summed E-state index contributed by atoms with van der Waals surface area (Å²) < 4.78 is 121. The van der Waals surface area contributed by atoms with Crippen LogP contribution in [0.25, 0.3) is 0 Å². The van der Waals surface area contributed by atoms with Crippen LogP contribution in [-0.2, 0) is 57.5 Å². The van der Waals surface area contributed by atoms with Gasteiger partial charge in [-0.2, -0.15) is 26.3 Å². The second kappa shape index (κ2) is 36.0. The van der Waals surface area contributed by atoms with Gasteiger partial charge in [0.1, 0.15) is 66.1 Å². The van der Waals surface area contributed by atoms with Crippen molar-refractivity contribution in [3.05, 3.63) is 12.2 Å². The van der Waals surface area contributed by atoms with Crippen molar-refractivity contribution in [2.75, 3.05) is 75.1 Å². The van der Waals surface area contributed by atoms with Crippen LogP contribution in [0.5, 0.6) is 0 Å². The van der Waals surface area contributed by atoms with Gasteiger partial charge in [-0.25, -0.2) is 8.78 Å². The normalized spacial score (nSPS) is 33.7. The Bertz CT molecular complexity index is 3200. The third kappa shape index (κ3) is 20.1. The van der Waals surface area contributed by atoms with Gasteiger partial charge in [-0.05, 0) is 164 Å². The molecular formula is C76H115F8N11O12. The summed E-state index contributed by atoms with van der Waals surface area (Å²) in [4.78, 5) is 177. The van der Waals surface area contributed by atoms with Crippen molar-refractivity contribution in [1.82, 2.24) is 55.1 Å². The Morgan fingerprint density at radius 1 is 0.570 bits per heavy atom. The van der Waals surface area contributed by atoms with Crippen molar-refractivity contribution in [2.45, 2.75) is 279 Å². The number of ether oxygens (including phenoxy) is 1. The number of fused-ring (bicyclic) bond motifs is 3. The zero-order chi connectivity index (χ0) is 78.3. The molecule has 12 atom stereocenters. The number of hydrogen-bond acceptors (Lipinski definition) is 12. The molecule has 107 heavy (non-hydrogen) atoms. The van der Waals surface area contributed by atoms with Crippen molar-refractivity contribution >= 4 is 65.0 Å². The average Bonchev–Trinajstić information content (AvgIpc) is 1.75. The minimum Gasteiger partial charge on any atom is -0.377 e. The number of rotatable bonds is 13. The number of nitrogens with zero attached hydrogens (tertiary/aromatic N) is 8. The van der Waals surface area contributed by atoms with E-state index in [0.29, 0.717) is 38.5 Å². The Balaban J connectivity index is 1.09. The van der Waals surface area contributed by atoms with Crippen LogP contribution in [-0.4, -0.2) is 264 Å².